The van der Waals surface area contributed by atoms with Crippen molar-refractivity contribution in [2.45, 2.75) is 24.9 Å². The molecule has 1 heterocycles. The highest BCUT2D eigenvalue weighted by Crippen LogP contribution is 2.38. The Morgan fingerprint density at radius 2 is 1.50 bits per heavy atom. The van der Waals surface area contributed by atoms with Crippen LogP contribution in [0, 0.1) is 5.82 Å². The number of hydrogen-bond acceptors (Lipinski definition) is 2. The van der Waals surface area contributed by atoms with Gasteiger partial charge in [0.05, 0.1) is 16.7 Å². The average molecular weight is 448 g/mol. The predicted octanol–water partition coefficient (Wildman–Crippen LogP) is 5.25. The van der Waals surface area contributed by atoms with Gasteiger partial charge in [-0.25, -0.2) is 4.39 Å². The Kier molecular flexibility index (Phi) is 6.33. The van der Waals surface area contributed by atoms with Gasteiger partial charge in [0.15, 0.2) is 0 Å². The highest BCUT2D eigenvalue weighted by atomic mass is 19.4. The lowest BCUT2D eigenvalue weighted by Gasteiger charge is -2.17. The molecular formula is C17H10F10N2O. The Morgan fingerprint density at radius 3 is 2.03 bits per heavy atom. The number of carbonyl (C=O) groups is 1. The zero-order chi connectivity index (χ0) is 22.9. The van der Waals surface area contributed by atoms with Crippen LogP contribution in [0.15, 0.2) is 30.5 Å². The minimum atomic E-state index is -5.34. The second-order valence-electron chi connectivity index (χ2n) is 5.88. The van der Waals surface area contributed by atoms with E-state index in [1.54, 1.807) is 0 Å². The molecule has 0 aliphatic rings. The van der Waals surface area contributed by atoms with Gasteiger partial charge in [-0.05, 0) is 30.7 Å². The number of halogens is 10. The lowest BCUT2D eigenvalue weighted by Crippen LogP contribution is -2.30. The summed E-state index contributed by atoms with van der Waals surface area (Å²) in [6.07, 6.45) is -15.6. The molecule has 30 heavy (non-hydrogen) atoms. The monoisotopic (exact) mass is 448 g/mol. The van der Waals surface area contributed by atoms with Crippen LogP contribution in [0.2, 0.25) is 0 Å². The van der Waals surface area contributed by atoms with Crippen LogP contribution in [0.25, 0.3) is 0 Å². The Labute approximate surface area is 161 Å². The van der Waals surface area contributed by atoms with E-state index in [4.69, 9.17) is 0 Å². The Balaban J connectivity index is 2.26. The summed E-state index contributed by atoms with van der Waals surface area (Å²) in [6, 6.07) is 1.06. The van der Waals surface area contributed by atoms with Gasteiger partial charge in [0.25, 0.3) is 5.91 Å². The lowest BCUT2D eigenvalue weighted by atomic mass is 9.99. The van der Waals surface area contributed by atoms with Gasteiger partial charge in [0, 0.05) is 18.3 Å². The van der Waals surface area contributed by atoms with Gasteiger partial charge >= 0.3 is 18.5 Å². The Morgan fingerprint density at radius 1 is 0.900 bits per heavy atom. The van der Waals surface area contributed by atoms with Crippen LogP contribution in [-0.2, 0) is 24.9 Å². The first-order valence-electron chi connectivity index (χ1n) is 7.89. The third-order valence-corrected chi connectivity index (χ3v) is 3.82. The topological polar surface area (TPSA) is 42.0 Å². The molecule has 1 N–H and O–H groups in total. The quantitative estimate of drug-likeness (QED) is 0.650. The molecule has 0 bridgehead atoms. The molecule has 0 unspecified atom stereocenters. The van der Waals surface area contributed by atoms with Gasteiger partial charge in [0.1, 0.15) is 11.5 Å². The number of nitrogens with one attached hydrogen (secondary N) is 1. The van der Waals surface area contributed by atoms with Gasteiger partial charge in [-0.3, -0.25) is 9.78 Å². The molecule has 1 aromatic heterocycles. The number of alkyl halides is 9. The van der Waals surface area contributed by atoms with Crippen LogP contribution in [0.4, 0.5) is 43.9 Å². The largest absolute Gasteiger partial charge is 0.418 e. The number of hydrogen-bond donors (Lipinski definition) is 1. The molecule has 0 spiro atoms. The van der Waals surface area contributed by atoms with Crippen LogP contribution >= 0.6 is 0 Å². The summed E-state index contributed by atoms with van der Waals surface area (Å²) in [5, 5.41) is 1.85. The summed E-state index contributed by atoms with van der Waals surface area (Å²) < 4.78 is 130. The lowest BCUT2D eigenvalue weighted by molar-refractivity contribution is -0.144. The van der Waals surface area contributed by atoms with Crippen molar-refractivity contribution < 1.29 is 48.7 Å². The summed E-state index contributed by atoms with van der Waals surface area (Å²) in [4.78, 5) is 15.2. The van der Waals surface area contributed by atoms with Crippen LogP contribution in [-0.4, -0.2) is 17.4 Å². The zero-order valence-electron chi connectivity index (χ0n) is 14.4. The second kappa shape index (κ2) is 8.11. The molecule has 2 rings (SSSR count). The first-order chi connectivity index (χ1) is 13.6. The van der Waals surface area contributed by atoms with Crippen LogP contribution in [0.1, 0.15) is 32.7 Å². The number of pyridine rings is 1. The zero-order valence-corrected chi connectivity index (χ0v) is 14.4. The SMILES string of the molecule is O=C(NCCc1c(F)cc(C(F)(F)F)cc1C(F)(F)F)c1ncccc1C(F)(F)F. The van der Waals surface area contributed by atoms with Gasteiger partial charge < -0.3 is 5.32 Å². The van der Waals surface area contributed by atoms with E-state index >= 15 is 0 Å². The summed E-state index contributed by atoms with van der Waals surface area (Å²) in [5.74, 6) is -3.22. The highest BCUT2D eigenvalue weighted by molar-refractivity contribution is 5.93. The molecule has 0 radical (unpaired) electrons. The fourth-order valence-corrected chi connectivity index (χ4v) is 2.51. The standard InChI is InChI=1S/C17H10F10N2O/c18-12-7-8(15(19,20)21)6-11(17(25,26)27)9(12)3-5-29-14(30)13-10(16(22,23)24)2-1-4-28-13/h1-2,4,6-7H,3,5H2,(H,29,30). The highest BCUT2D eigenvalue weighted by Gasteiger charge is 2.40. The molecule has 2 aromatic rings. The van der Waals surface area contributed by atoms with E-state index in [9.17, 15) is 48.7 Å². The molecule has 0 saturated carbocycles. The van der Waals surface area contributed by atoms with Crippen molar-refractivity contribution in [3.8, 4) is 0 Å². The van der Waals surface area contributed by atoms with Crippen molar-refractivity contribution in [1.29, 1.82) is 0 Å². The first-order valence-corrected chi connectivity index (χ1v) is 7.89. The predicted molar refractivity (Wildman–Crippen MR) is 81.7 cm³/mol. The van der Waals surface area contributed by atoms with Crippen LogP contribution < -0.4 is 5.32 Å². The van der Waals surface area contributed by atoms with Crippen LogP contribution in [0.5, 0.6) is 0 Å². The van der Waals surface area contributed by atoms with Crippen molar-refractivity contribution >= 4 is 5.91 Å². The molecule has 164 valence electrons. The van der Waals surface area contributed by atoms with E-state index in [-0.39, 0.29) is 12.1 Å². The molecule has 0 aliphatic heterocycles. The molecule has 13 heteroatoms. The third kappa shape index (κ3) is 5.39. The molecule has 0 fully saturated rings. The summed E-state index contributed by atoms with van der Waals surface area (Å²) in [7, 11) is 0. The fraction of sp³-hybridized carbons (Fsp3) is 0.294. The molecule has 0 atom stereocenters. The maximum Gasteiger partial charge on any atom is 0.418 e. The minimum absolute atomic E-state index is 0.132. The van der Waals surface area contributed by atoms with Crippen molar-refractivity contribution in [3.05, 3.63) is 64.2 Å². The third-order valence-electron chi connectivity index (χ3n) is 3.82. The number of carbonyl (C=O) groups excluding carboxylic acids is 1. The van der Waals surface area contributed by atoms with Gasteiger partial charge in [-0.2, -0.15) is 39.5 Å². The number of amides is 1. The van der Waals surface area contributed by atoms with E-state index in [0.29, 0.717) is 6.07 Å². The number of rotatable bonds is 4. The van der Waals surface area contributed by atoms with Crippen molar-refractivity contribution in [2.24, 2.45) is 0 Å². The molecule has 1 aromatic carbocycles. The van der Waals surface area contributed by atoms with Crippen molar-refractivity contribution in [2.75, 3.05) is 6.54 Å². The average Bonchev–Trinajstić information content (AvgIpc) is 2.60. The summed E-state index contributed by atoms with van der Waals surface area (Å²) in [6.45, 7) is -0.794. The van der Waals surface area contributed by atoms with Gasteiger partial charge in [0.2, 0.25) is 0 Å². The normalized spacial score (nSPS) is 12.7. The van der Waals surface area contributed by atoms with Gasteiger partial charge in [-0.15, -0.1) is 0 Å². The fourth-order valence-electron chi connectivity index (χ4n) is 2.51. The molecule has 0 aliphatic carbocycles. The van der Waals surface area contributed by atoms with Crippen molar-refractivity contribution in [3.63, 3.8) is 0 Å². The van der Waals surface area contributed by atoms with Crippen LogP contribution in [0.3, 0.4) is 0 Å². The Bertz CT molecular complexity index is 932. The first kappa shape index (κ1) is 23.4. The molecule has 3 nitrogen and oxygen atoms in total. The van der Waals surface area contributed by atoms with E-state index in [1.807, 2.05) is 5.32 Å². The number of benzene rings is 1. The smallest absolute Gasteiger partial charge is 0.350 e. The van der Waals surface area contributed by atoms with E-state index in [2.05, 4.69) is 4.98 Å². The van der Waals surface area contributed by atoms with E-state index in [1.165, 1.54) is 0 Å². The van der Waals surface area contributed by atoms with E-state index in [0.717, 1.165) is 12.3 Å². The number of nitrogens with zero attached hydrogens (tertiary/aromatic N) is 1. The summed E-state index contributed by atoms with van der Waals surface area (Å²) in [5.41, 5.74) is -7.40. The minimum Gasteiger partial charge on any atom is -0.350 e. The van der Waals surface area contributed by atoms with E-state index < -0.39 is 71.2 Å². The van der Waals surface area contributed by atoms with Crippen molar-refractivity contribution in [1.82, 2.24) is 10.3 Å². The maximum absolute atomic E-state index is 14.0. The Hall–Kier alpha value is -2.86. The second-order valence-corrected chi connectivity index (χ2v) is 5.88. The molecule has 0 saturated heterocycles. The van der Waals surface area contributed by atoms with Gasteiger partial charge in [-0.1, -0.05) is 0 Å². The molecule has 1 amide bonds. The molecular weight excluding hydrogens is 438 g/mol. The maximum atomic E-state index is 14.0. The summed E-state index contributed by atoms with van der Waals surface area (Å²) >= 11 is 0. The number of aromatic nitrogens is 1.